The minimum absolute atomic E-state index is 0.0804. The number of amides is 1. The molecule has 7 nitrogen and oxygen atoms in total. The van der Waals surface area contributed by atoms with Crippen molar-refractivity contribution in [3.8, 4) is 0 Å². The van der Waals surface area contributed by atoms with Crippen LogP contribution < -0.4 is 5.32 Å². The molecule has 3 N–H and O–H groups in total. The van der Waals surface area contributed by atoms with E-state index in [-0.39, 0.29) is 15.7 Å². The molecule has 0 heterocycles. The summed E-state index contributed by atoms with van der Waals surface area (Å²) >= 11 is 3.00. The van der Waals surface area contributed by atoms with E-state index >= 15 is 0 Å². The van der Waals surface area contributed by atoms with Gasteiger partial charge >= 0.3 is 0 Å². The molecule has 0 atom stereocenters. The van der Waals surface area contributed by atoms with Crippen LogP contribution >= 0.6 is 15.9 Å². The molecule has 0 bridgehead atoms. The summed E-state index contributed by atoms with van der Waals surface area (Å²) in [6.45, 7) is -0.832. The molecule has 18 heavy (non-hydrogen) atoms. The minimum atomic E-state index is -0.791. The summed E-state index contributed by atoms with van der Waals surface area (Å²) in [5.74, 6) is -0.598. The van der Waals surface area contributed by atoms with Crippen LogP contribution in [0.25, 0.3) is 0 Å². The SMILES string of the molecule is O=C(NC(CO)CO)c1ccc(Br)c([N+](=O)[O-])c1. The minimum Gasteiger partial charge on any atom is -0.394 e. The van der Waals surface area contributed by atoms with Crippen LogP contribution in [-0.2, 0) is 0 Å². The maximum absolute atomic E-state index is 11.7. The van der Waals surface area contributed by atoms with Crippen molar-refractivity contribution in [2.75, 3.05) is 13.2 Å². The van der Waals surface area contributed by atoms with Gasteiger partial charge < -0.3 is 15.5 Å². The highest BCUT2D eigenvalue weighted by molar-refractivity contribution is 9.10. The van der Waals surface area contributed by atoms with Gasteiger partial charge in [-0.15, -0.1) is 0 Å². The van der Waals surface area contributed by atoms with Crippen molar-refractivity contribution in [3.05, 3.63) is 38.3 Å². The molecule has 0 fully saturated rings. The first kappa shape index (κ1) is 14.6. The number of carbonyl (C=O) groups is 1. The fourth-order valence-electron chi connectivity index (χ4n) is 1.21. The van der Waals surface area contributed by atoms with Crippen LogP contribution in [0.2, 0.25) is 0 Å². The van der Waals surface area contributed by atoms with E-state index in [1.165, 1.54) is 12.1 Å². The van der Waals surface area contributed by atoms with Crippen molar-refractivity contribution >= 4 is 27.5 Å². The van der Waals surface area contributed by atoms with Crippen molar-refractivity contribution in [2.45, 2.75) is 6.04 Å². The van der Waals surface area contributed by atoms with E-state index in [0.717, 1.165) is 6.07 Å². The van der Waals surface area contributed by atoms with E-state index in [1.807, 2.05) is 0 Å². The molecular weight excluding hydrogens is 308 g/mol. The van der Waals surface area contributed by atoms with Crippen molar-refractivity contribution in [3.63, 3.8) is 0 Å². The molecule has 0 aromatic heterocycles. The number of hydrogen-bond donors (Lipinski definition) is 3. The first-order valence-corrected chi connectivity index (χ1v) is 5.75. The van der Waals surface area contributed by atoms with Gasteiger partial charge in [-0.3, -0.25) is 14.9 Å². The largest absolute Gasteiger partial charge is 0.394 e. The summed E-state index contributed by atoms with van der Waals surface area (Å²) in [7, 11) is 0. The maximum Gasteiger partial charge on any atom is 0.284 e. The molecule has 1 amide bonds. The van der Waals surface area contributed by atoms with Crippen molar-refractivity contribution in [1.82, 2.24) is 5.32 Å². The number of benzene rings is 1. The standard InChI is InChI=1S/C10H11BrN2O5/c11-8-2-1-6(3-9(8)13(17)18)10(16)12-7(4-14)5-15/h1-3,7,14-15H,4-5H2,(H,12,16). The average Bonchev–Trinajstić information content (AvgIpc) is 2.35. The second-order valence-electron chi connectivity index (χ2n) is 3.46. The molecule has 1 aromatic rings. The maximum atomic E-state index is 11.7. The van der Waals surface area contributed by atoms with E-state index < -0.39 is 30.1 Å². The molecule has 0 unspecified atom stereocenters. The van der Waals surface area contributed by atoms with Gasteiger partial charge in [0.15, 0.2) is 0 Å². The van der Waals surface area contributed by atoms with Crippen molar-refractivity contribution in [1.29, 1.82) is 0 Å². The predicted molar refractivity (Wildman–Crippen MR) is 66.2 cm³/mol. The lowest BCUT2D eigenvalue weighted by Crippen LogP contribution is -2.40. The summed E-state index contributed by atoms with van der Waals surface area (Å²) in [4.78, 5) is 21.8. The summed E-state index contributed by atoms with van der Waals surface area (Å²) in [5, 5.41) is 30.7. The third-order valence-electron chi connectivity index (χ3n) is 2.18. The second-order valence-corrected chi connectivity index (χ2v) is 4.31. The number of nitro benzene ring substituents is 1. The zero-order valence-corrected chi connectivity index (χ0v) is 10.8. The number of aliphatic hydroxyl groups is 2. The fraction of sp³-hybridized carbons (Fsp3) is 0.300. The van der Waals surface area contributed by atoms with Gasteiger partial charge in [0.2, 0.25) is 0 Å². The normalized spacial score (nSPS) is 10.4. The first-order valence-electron chi connectivity index (χ1n) is 4.96. The van der Waals surface area contributed by atoms with Crippen LogP contribution in [-0.4, -0.2) is 40.3 Å². The zero-order valence-electron chi connectivity index (χ0n) is 9.17. The number of nitrogens with one attached hydrogen (secondary N) is 1. The Hall–Kier alpha value is -1.51. The molecule has 0 aliphatic carbocycles. The summed E-state index contributed by atoms with van der Waals surface area (Å²) < 4.78 is 0.268. The summed E-state index contributed by atoms with van der Waals surface area (Å²) in [6, 6.07) is 3.11. The molecule has 0 aliphatic rings. The number of aliphatic hydroxyl groups excluding tert-OH is 2. The lowest BCUT2D eigenvalue weighted by atomic mass is 10.2. The van der Waals surface area contributed by atoms with Gasteiger partial charge in [0, 0.05) is 11.6 Å². The van der Waals surface area contributed by atoms with Gasteiger partial charge in [-0.1, -0.05) is 0 Å². The zero-order chi connectivity index (χ0) is 13.7. The summed E-state index contributed by atoms with van der Waals surface area (Å²) in [5.41, 5.74) is -0.149. The predicted octanol–water partition coefficient (Wildman–Crippen LogP) is 0.440. The van der Waals surface area contributed by atoms with Crippen molar-refractivity contribution < 1.29 is 19.9 Å². The monoisotopic (exact) mass is 318 g/mol. The third kappa shape index (κ3) is 3.49. The Kier molecular flexibility index (Phi) is 5.20. The number of halogens is 1. The smallest absolute Gasteiger partial charge is 0.284 e. The average molecular weight is 319 g/mol. The first-order chi connectivity index (χ1) is 8.49. The molecule has 98 valence electrons. The van der Waals surface area contributed by atoms with Gasteiger partial charge in [-0.2, -0.15) is 0 Å². The van der Waals surface area contributed by atoms with E-state index in [4.69, 9.17) is 10.2 Å². The quantitative estimate of drug-likeness (QED) is 0.538. The Morgan fingerprint density at radius 3 is 2.56 bits per heavy atom. The van der Waals surface area contributed by atoms with Crippen LogP contribution in [0, 0.1) is 10.1 Å². The Bertz CT molecular complexity index is 462. The van der Waals surface area contributed by atoms with Crippen LogP contribution in [0.4, 0.5) is 5.69 Å². The Labute approximate surface area is 111 Å². The molecule has 0 spiro atoms. The molecule has 0 aliphatic heterocycles. The van der Waals surface area contributed by atoms with E-state index in [1.54, 1.807) is 0 Å². The number of nitro groups is 1. The van der Waals surface area contributed by atoms with E-state index in [2.05, 4.69) is 21.2 Å². The Morgan fingerprint density at radius 2 is 2.06 bits per heavy atom. The van der Waals surface area contributed by atoms with Gasteiger partial charge in [0.25, 0.3) is 11.6 Å². The van der Waals surface area contributed by atoms with E-state index in [0.29, 0.717) is 0 Å². The number of rotatable bonds is 5. The van der Waals surface area contributed by atoms with Crippen LogP contribution in [0.5, 0.6) is 0 Å². The highest BCUT2D eigenvalue weighted by Crippen LogP contribution is 2.25. The number of carbonyl (C=O) groups excluding carboxylic acids is 1. The molecular formula is C10H11BrN2O5. The van der Waals surface area contributed by atoms with Gasteiger partial charge in [0.1, 0.15) is 0 Å². The second kappa shape index (κ2) is 6.43. The number of nitrogens with zero attached hydrogens (tertiary/aromatic N) is 1. The van der Waals surface area contributed by atoms with Crippen molar-refractivity contribution in [2.24, 2.45) is 0 Å². The Morgan fingerprint density at radius 1 is 1.44 bits per heavy atom. The molecule has 0 radical (unpaired) electrons. The molecule has 0 saturated heterocycles. The van der Waals surface area contributed by atoms with Gasteiger partial charge in [-0.25, -0.2) is 0 Å². The highest BCUT2D eigenvalue weighted by Gasteiger charge is 2.17. The van der Waals surface area contributed by atoms with Gasteiger partial charge in [0.05, 0.1) is 28.7 Å². The molecule has 1 rings (SSSR count). The Balaban J connectivity index is 2.93. The lowest BCUT2D eigenvalue weighted by Gasteiger charge is -2.13. The summed E-state index contributed by atoms with van der Waals surface area (Å²) in [6.07, 6.45) is 0. The third-order valence-corrected chi connectivity index (χ3v) is 2.85. The van der Waals surface area contributed by atoms with Crippen LogP contribution in [0.15, 0.2) is 22.7 Å². The highest BCUT2D eigenvalue weighted by atomic mass is 79.9. The van der Waals surface area contributed by atoms with E-state index in [9.17, 15) is 14.9 Å². The fourth-order valence-corrected chi connectivity index (χ4v) is 1.60. The van der Waals surface area contributed by atoms with Crippen LogP contribution in [0.3, 0.4) is 0 Å². The molecule has 1 aromatic carbocycles. The molecule has 0 saturated carbocycles. The van der Waals surface area contributed by atoms with Gasteiger partial charge in [-0.05, 0) is 28.1 Å². The molecule has 8 heteroatoms. The lowest BCUT2D eigenvalue weighted by molar-refractivity contribution is -0.385. The number of hydrogen-bond acceptors (Lipinski definition) is 5. The van der Waals surface area contributed by atoms with Crippen LogP contribution in [0.1, 0.15) is 10.4 Å². The topological polar surface area (TPSA) is 113 Å².